The Bertz CT molecular complexity index is 427. The van der Waals surface area contributed by atoms with E-state index in [1.807, 2.05) is 0 Å². The van der Waals surface area contributed by atoms with Crippen LogP contribution in [0.4, 0.5) is 5.69 Å². The first-order valence-electron chi connectivity index (χ1n) is 6.88. The number of nitrogens with two attached hydrogens (primary N) is 1. The molecule has 1 aromatic heterocycles. The van der Waals surface area contributed by atoms with Crippen LogP contribution < -0.4 is 11.1 Å². The van der Waals surface area contributed by atoms with Crippen molar-refractivity contribution in [3.05, 3.63) is 24.0 Å². The molecule has 0 bridgehead atoms. The van der Waals surface area contributed by atoms with Gasteiger partial charge in [-0.2, -0.15) is 0 Å². The van der Waals surface area contributed by atoms with Crippen molar-refractivity contribution in [1.29, 1.82) is 0 Å². The molecule has 104 valence electrons. The summed E-state index contributed by atoms with van der Waals surface area (Å²) >= 11 is 0. The number of aromatic nitrogens is 1. The van der Waals surface area contributed by atoms with Gasteiger partial charge in [-0.1, -0.05) is 6.92 Å². The lowest BCUT2D eigenvalue weighted by atomic mass is 9.99. The molecule has 1 saturated heterocycles. The molecular formula is C14H22N4O. The summed E-state index contributed by atoms with van der Waals surface area (Å²) in [7, 11) is 0. The molecule has 1 fully saturated rings. The number of nitrogens with zero attached hydrogens (tertiary/aromatic N) is 2. The highest BCUT2D eigenvalue weighted by atomic mass is 16.1. The number of anilines is 1. The number of nitrogens with one attached hydrogen (secondary N) is 1. The van der Waals surface area contributed by atoms with Crippen molar-refractivity contribution in [2.75, 3.05) is 31.9 Å². The summed E-state index contributed by atoms with van der Waals surface area (Å²) in [4.78, 5) is 18.3. The Morgan fingerprint density at radius 3 is 2.95 bits per heavy atom. The number of carbonyl (C=O) groups excluding carboxylic acids is 1. The van der Waals surface area contributed by atoms with E-state index in [1.165, 1.54) is 12.8 Å². The molecule has 1 aliphatic heterocycles. The van der Waals surface area contributed by atoms with Gasteiger partial charge in [0, 0.05) is 19.3 Å². The van der Waals surface area contributed by atoms with Gasteiger partial charge in [-0.05, 0) is 44.0 Å². The molecule has 2 heterocycles. The molecular weight excluding hydrogens is 240 g/mol. The molecule has 1 aromatic rings. The summed E-state index contributed by atoms with van der Waals surface area (Å²) in [6.07, 6.45) is 4.08. The van der Waals surface area contributed by atoms with Crippen LogP contribution in [0.5, 0.6) is 0 Å². The minimum atomic E-state index is -0.191. The monoisotopic (exact) mass is 262 g/mol. The van der Waals surface area contributed by atoms with E-state index >= 15 is 0 Å². The lowest BCUT2D eigenvalue weighted by molar-refractivity contribution is 0.0940. The first-order chi connectivity index (χ1) is 9.16. The minimum Gasteiger partial charge on any atom is -0.397 e. The smallest absolute Gasteiger partial charge is 0.272 e. The maximum absolute atomic E-state index is 11.9. The fourth-order valence-corrected chi connectivity index (χ4v) is 2.30. The number of pyridine rings is 1. The van der Waals surface area contributed by atoms with Crippen molar-refractivity contribution in [3.8, 4) is 0 Å². The summed E-state index contributed by atoms with van der Waals surface area (Å²) in [5, 5.41) is 2.88. The zero-order valence-electron chi connectivity index (χ0n) is 11.4. The Hall–Kier alpha value is -1.62. The molecule has 5 nitrogen and oxygen atoms in total. The molecule has 19 heavy (non-hydrogen) atoms. The lowest BCUT2D eigenvalue weighted by Crippen LogP contribution is -2.39. The van der Waals surface area contributed by atoms with Gasteiger partial charge in [0.15, 0.2) is 5.69 Å². The van der Waals surface area contributed by atoms with Crippen LogP contribution in [0, 0.1) is 5.92 Å². The predicted octanol–water partition coefficient (Wildman–Crippen LogP) is 1.13. The number of hydrogen-bond donors (Lipinski definition) is 2. The van der Waals surface area contributed by atoms with E-state index in [-0.39, 0.29) is 5.91 Å². The fraction of sp³-hybridized carbons (Fsp3) is 0.571. The van der Waals surface area contributed by atoms with Crippen LogP contribution in [0.3, 0.4) is 0 Å². The molecule has 2 rings (SSSR count). The maximum atomic E-state index is 11.9. The molecule has 0 saturated carbocycles. The Labute approximate surface area is 114 Å². The molecule has 1 amide bonds. The summed E-state index contributed by atoms with van der Waals surface area (Å²) in [5.74, 6) is 0.641. The van der Waals surface area contributed by atoms with Gasteiger partial charge >= 0.3 is 0 Å². The molecule has 5 heteroatoms. The molecule has 0 radical (unpaired) electrons. The summed E-state index contributed by atoms with van der Waals surface area (Å²) in [6, 6.07) is 3.41. The molecule has 1 aliphatic rings. The van der Waals surface area contributed by atoms with Crippen LogP contribution >= 0.6 is 0 Å². The van der Waals surface area contributed by atoms with Gasteiger partial charge in [0.05, 0.1) is 5.69 Å². The third-order valence-electron chi connectivity index (χ3n) is 3.64. The normalized spacial score (nSPS) is 17.3. The number of carbonyl (C=O) groups is 1. The highest BCUT2D eigenvalue weighted by Gasteiger charge is 2.16. The van der Waals surface area contributed by atoms with E-state index in [0.29, 0.717) is 17.9 Å². The Balaban J connectivity index is 1.74. The van der Waals surface area contributed by atoms with Crippen molar-refractivity contribution in [2.45, 2.75) is 19.8 Å². The molecule has 0 spiro atoms. The Morgan fingerprint density at radius 2 is 2.26 bits per heavy atom. The third kappa shape index (κ3) is 3.92. The van der Waals surface area contributed by atoms with Crippen LogP contribution in [0.2, 0.25) is 0 Å². The molecule has 3 N–H and O–H groups in total. The first kappa shape index (κ1) is 13.8. The molecule has 0 atom stereocenters. The van der Waals surface area contributed by atoms with E-state index in [0.717, 1.165) is 25.6 Å². The number of rotatable bonds is 4. The number of nitrogen functional groups attached to an aromatic ring is 1. The largest absolute Gasteiger partial charge is 0.397 e. The van der Waals surface area contributed by atoms with E-state index in [4.69, 9.17) is 5.73 Å². The molecule has 0 aromatic carbocycles. The first-order valence-corrected chi connectivity index (χ1v) is 6.88. The van der Waals surface area contributed by atoms with Crippen LogP contribution in [0.25, 0.3) is 0 Å². The van der Waals surface area contributed by atoms with E-state index in [9.17, 15) is 4.79 Å². The fourth-order valence-electron chi connectivity index (χ4n) is 2.30. The average Bonchev–Trinajstić information content (AvgIpc) is 2.41. The van der Waals surface area contributed by atoms with E-state index in [2.05, 4.69) is 22.1 Å². The molecule has 0 unspecified atom stereocenters. The number of hydrogen-bond acceptors (Lipinski definition) is 4. The number of likely N-dealkylation sites (tertiary alicyclic amines) is 1. The van der Waals surface area contributed by atoms with Gasteiger partial charge in [-0.25, -0.2) is 4.98 Å². The standard InChI is InChI=1S/C14H22N4O/c1-11-4-8-18(9-5-11)10-7-17-14(19)13-12(15)3-2-6-16-13/h2-3,6,11H,4-5,7-10,15H2,1H3,(H,17,19). The van der Waals surface area contributed by atoms with Gasteiger partial charge in [0.2, 0.25) is 0 Å². The topological polar surface area (TPSA) is 71.2 Å². The number of amides is 1. The summed E-state index contributed by atoms with van der Waals surface area (Å²) in [5.41, 5.74) is 6.46. The zero-order valence-corrected chi connectivity index (χ0v) is 11.4. The average molecular weight is 262 g/mol. The summed E-state index contributed by atoms with van der Waals surface area (Å²) in [6.45, 7) is 6.09. The van der Waals surface area contributed by atoms with Gasteiger partial charge in [-0.15, -0.1) is 0 Å². The van der Waals surface area contributed by atoms with Crippen LogP contribution in [-0.2, 0) is 0 Å². The second-order valence-electron chi connectivity index (χ2n) is 5.22. The van der Waals surface area contributed by atoms with Gasteiger partial charge in [-0.3, -0.25) is 4.79 Å². The van der Waals surface area contributed by atoms with Crippen molar-refractivity contribution in [1.82, 2.24) is 15.2 Å². The Kier molecular flexibility index (Phi) is 4.74. The van der Waals surface area contributed by atoms with Crippen LogP contribution in [0.15, 0.2) is 18.3 Å². The third-order valence-corrected chi connectivity index (χ3v) is 3.64. The predicted molar refractivity (Wildman–Crippen MR) is 75.8 cm³/mol. The maximum Gasteiger partial charge on any atom is 0.272 e. The SMILES string of the molecule is CC1CCN(CCNC(=O)c2ncccc2N)CC1. The van der Waals surface area contributed by atoms with Crippen molar-refractivity contribution in [3.63, 3.8) is 0 Å². The van der Waals surface area contributed by atoms with E-state index in [1.54, 1.807) is 18.3 Å². The van der Waals surface area contributed by atoms with E-state index < -0.39 is 0 Å². The highest BCUT2D eigenvalue weighted by molar-refractivity contribution is 5.96. The van der Waals surface area contributed by atoms with Crippen molar-refractivity contribution < 1.29 is 4.79 Å². The van der Waals surface area contributed by atoms with Crippen LogP contribution in [-0.4, -0.2) is 42.0 Å². The number of piperidine rings is 1. The minimum absolute atomic E-state index is 0.191. The van der Waals surface area contributed by atoms with Crippen molar-refractivity contribution >= 4 is 11.6 Å². The van der Waals surface area contributed by atoms with Crippen LogP contribution in [0.1, 0.15) is 30.3 Å². The van der Waals surface area contributed by atoms with Crippen molar-refractivity contribution in [2.24, 2.45) is 5.92 Å². The highest BCUT2D eigenvalue weighted by Crippen LogP contribution is 2.15. The zero-order chi connectivity index (χ0) is 13.7. The molecule has 0 aliphatic carbocycles. The van der Waals surface area contributed by atoms with Gasteiger partial charge < -0.3 is 16.0 Å². The van der Waals surface area contributed by atoms with Gasteiger partial charge in [0.1, 0.15) is 0 Å². The summed E-state index contributed by atoms with van der Waals surface area (Å²) < 4.78 is 0. The quantitative estimate of drug-likeness (QED) is 0.853. The second-order valence-corrected chi connectivity index (χ2v) is 5.22. The lowest BCUT2D eigenvalue weighted by Gasteiger charge is -2.30. The second kappa shape index (κ2) is 6.52. The van der Waals surface area contributed by atoms with Gasteiger partial charge in [0.25, 0.3) is 5.91 Å². The Morgan fingerprint density at radius 1 is 1.53 bits per heavy atom.